The quantitative estimate of drug-likeness (QED) is 0.180. The van der Waals surface area contributed by atoms with Crippen LogP contribution in [0.2, 0.25) is 0 Å². The minimum atomic E-state index is -1.04. The third kappa shape index (κ3) is 6.42. The van der Waals surface area contributed by atoms with E-state index >= 15 is 0 Å². The van der Waals surface area contributed by atoms with Crippen LogP contribution in [0.15, 0.2) is 42.0 Å². The molecule has 0 aromatic heterocycles. The first kappa shape index (κ1) is 31.1. The smallest absolute Gasteiger partial charge is 0.408 e. The van der Waals surface area contributed by atoms with Crippen molar-refractivity contribution in [2.45, 2.75) is 104 Å². The van der Waals surface area contributed by atoms with Crippen molar-refractivity contribution >= 4 is 12.1 Å². The van der Waals surface area contributed by atoms with Crippen LogP contribution in [0.25, 0.3) is 0 Å². The van der Waals surface area contributed by atoms with Crippen LogP contribution in [0.4, 0.5) is 4.79 Å². The minimum absolute atomic E-state index is 0.113. The second-order valence-corrected chi connectivity index (χ2v) is 14.3. The van der Waals surface area contributed by atoms with Crippen molar-refractivity contribution in [3.05, 3.63) is 47.5 Å². The van der Waals surface area contributed by atoms with E-state index in [4.69, 9.17) is 4.74 Å². The van der Waals surface area contributed by atoms with Crippen molar-refractivity contribution in [1.82, 2.24) is 10.6 Å². The summed E-state index contributed by atoms with van der Waals surface area (Å²) in [7, 11) is 0. The summed E-state index contributed by atoms with van der Waals surface area (Å²) < 4.78 is 5.20. The average Bonchev–Trinajstić information content (AvgIpc) is 3.33. The fourth-order valence-electron chi connectivity index (χ4n) is 9.68. The van der Waals surface area contributed by atoms with E-state index in [1.165, 1.54) is 32.1 Å². The van der Waals surface area contributed by atoms with Gasteiger partial charge in [-0.3, -0.25) is 0 Å². The van der Waals surface area contributed by atoms with E-state index in [1.807, 2.05) is 30.3 Å². The van der Waals surface area contributed by atoms with E-state index in [2.05, 4.69) is 37.5 Å². The van der Waals surface area contributed by atoms with Gasteiger partial charge >= 0.3 is 12.1 Å². The Balaban J connectivity index is 1.06. The lowest BCUT2D eigenvalue weighted by Crippen LogP contribution is -2.51. The number of fused-ring (bicyclic) bond motifs is 5. The number of benzene rings is 1. The number of alkyl carbamates (subject to hydrolysis) is 1. The predicted molar refractivity (Wildman–Crippen MR) is 164 cm³/mol. The third-order valence-electron chi connectivity index (χ3n) is 12.0. The molecule has 4 N–H and O–H groups in total. The maximum Gasteiger partial charge on any atom is 0.408 e. The molecule has 7 heteroatoms. The minimum Gasteiger partial charge on any atom is -0.480 e. The molecule has 232 valence electrons. The molecule has 3 saturated carbocycles. The fraction of sp³-hybridized carbons (Fsp3) is 0.714. The lowest BCUT2D eigenvalue weighted by molar-refractivity contribution is -0.139. The lowest BCUT2D eigenvalue weighted by atomic mass is 9.47. The van der Waals surface area contributed by atoms with Crippen LogP contribution in [0, 0.1) is 40.4 Å². The van der Waals surface area contributed by atoms with Crippen molar-refractivity contribution in [3.8, 4) is 0 Å². The second-order valence-electron chi connectivity index (χ2n) is 14.3. The molecule has 4 aliphatic rings. The Bertz CT molecular complexity index is 1120. The highest BCUT2D eigenvalue weighted by Gasteiger charge is 2.59. The molecule has 1 amide bonds. The Morgan fingerprint density at radius 3 is 2.62 bits per heavy atom. The van der Waals surface area contributed by atoms with E-state index in [0.717, 1.165) is 55.7 Å². The summed E-state index contributed by atoms with van der Waals surface area (Å²) in [6.45, 7) is 9.25. The van der Waals surface area contributed by atoms with E-state index in [0.29, 0.717) is 30.1 Å². The van der Waals surface area contributed by atoms with Crippen molar-refractivity contribution in [3.63, 3.8) is 0 Å². The van der Waals surface area contributed by atoms with Crippen molar-refractivity contribution in [1.29, 1.82) is 0 Å². The molecule has 0 unspecified atom stereocenters. The van der Waals surface area contributed by atoms with Gasteiger partial charge in [-0.15, -0.1) is 0 Å². The summed E-state index contributed by atoms with van der Waals surface area (Å²) in [4.78, 5) is 23.9. The van der Waals surface area contributed by atoms with Gasteiger partial charge in [-0.2, -0.15) is 0 Å². The van der Waals surface area contributed by atoms with Crippen molar-refractivity contribution in [2.24, 2.45) is 40.4 Å². The van der Waals surface area contributed by atoms with E-state index in [-0.39, 0.29) is 18.1 Å². The Labute approximate surface area is 251 Å². The zero-order chi connectivity index (χ0) is 29.9. The van der Waals surface area contributed by atoms with Gasteiger partial charge in [0.2, 0.25) is 0 Å². The molecule has 42 heavy (non-hydrogen) atoms. The Kier molecular flexibility index (Phi) is 9.68. The molecule has 0 bridgehead atoms. The van der Waals surface area contributed by atoms with Crippen LogP contribution in [-0.2, 0) is 16.1 Å². The summed E-state index contributed by atoms with van der Waals surface area (Å²) in [5.41, 5.74) is 3.08. The van der Waals surface area contributed by atoms with Gasteiger partial charge in [0, 0.05) is 0 Å². The van der Waals surface area contributed by atoms with E-state index < -0.39 is 18.1 Å². The number of allylic oxidation sites excluding steroid dienone is 1. The normalized spacial score (nSPS) is 35.1. The molecule has 7 nitrogen and oxygen atoms in total. The first-order chi connectivity index (χ1) is 20.1. The molecule has 1 aromatic carbocycles. The van der Waals surface area contributed by atoms with E-state index in [1.54, 1.807) is 5.57 Å². The molecule has 9 atom stereocenters. The number of carbonyl (C=O) groups is 2. The van der Waals surface area contributed by atoms with Crippen molar-refractivity contribution in [2.75, 3.05) is 13.1 Å². The SMILES string of the molecule is C[C@H](CNCCC[C@H](NC(=O)OCc1ccccc1)C(=O)O)[C@H]1CC[C@H]2[C@@H]3CC=C4C[C@@H](O)CC[C@]4(C)[C@H]3CC[C@]12C. The molecule has 5 rings (SSSR count). The Morgan fingerprint density at radius 1 is 1.07 bits per heavy atom. The predicted octanol–water partition coefficient (Wildman–Crippen LogP) is 6.31. The van der Waals surface area contributed by atoms with E-state index in [9.17, 15) is 19.8 Å². The zero-order valence-electron chi connectivity index (χ0n) is 25.8. The van der Waals surface area contributed by atoms with Crippen LogP contribution in [-0.4, -0.2) is 47.5 Å². The molecule has 4 aliphatic carbocycles. The molecule has 0 saturated heterocycles. The maximum atomic E-state index is 12.2. The molecule has 0 heterocycles. The number of ether oxygens (including phenoxy) is 1. The Hall–Kier alpha value is -2.38. The summed E-state index contributed by atoms with van der Waals surface area (Å²) in [5, 5.41) is 26.0. The number of amides is 1. The highest BCUT2D eigenvalue weighted by atomic mass is 16.5. The molecule has 0 spiro atoms. The highest BCUT2D eigenvalue weighted by molar-refractivity contribution is 5.79. The number of carbonyl (C=O) groups excluding carboxylic acids is 1. The van der Waals surface area contributed by atoms with Gasteiger partial charge in [-0.25, -0.2) is 9.59 Å². The average molecular weight is 581 g/mol. The van der Waals surface area contributed by atoms with Crippen LogP contribution in [0.1, 0.15) is 90.5 Å². The van der Waals surface area contributed by atoms with Gasteiger partial charge in [0.15, 0.2) is 0 Å². The number of aliphatic hydroxyl groups excluding tert-OH is 1. The first-order valence-electron chi connectivity index (χ1n) is 16.4. The van der Waals surface area contributed by atoms with Gasteiger partial charge in [0.25, 0.3) is 0 Å². The summed E-state index contributed by atoms with van der Waals surface area (Å²) in [6.07, 6.45) is 12.1. The summed E-state index contributed by atoms with van der Waals surface area (Å²) >= 11 is 0. The van der Waals surface area contributed by atoms with Crippen LogP contribution in [0.5, 0.6) is 0 Å². The largest absolute Gasteiger partial charge is 0.480 e. The first-order valence-corrected chi connectivity index (χ1v) is 16.4. The van der Waals surface area contributed by atoms with Crippen LogP contribution in [0.3, 0.4) is 0 Å². The molecule has 1 aromatic rings. The fourth-order valence-corrected chi connectivity index (χ4v) is 9.68. The van der Waals surface area contributed by atoms with Gasteiger partial charge in [-0.1, -0.05) is 62.8 Å². The molecular formula is C35H52N2O5. The topological polar surface area (TPSA) is 108 Å². The number of aliphatic carboxylic acids is 1. The number of rotatable bonds is 11. The monoisotopic (exact) mass is 580 g/mol. The number of hydrogen-bond acceptors (Lipinski definition) is 5. The molecule has 3 fully saturated rings. The summed E-state index contributed by atoms with van der Waals surface area (Å²) in [5.74, 6) is 2.56. The molecular weight excluding hydrogens is 528 g/mol. The number of nitrogens with one attached hydrogen (secondary N) is 2. The lowest BCUT2D eigenvalue weighted by Gasteiger charge is -2.58. The van der Waals surface area contributed by atoms with Gasteiger partial charge in [0.05, 0.1) is 6.10 Å². The van der Waals surface area contributed by atoms with Gasteiger partial charge in [-0.05, 0) is 123 Å². The van der Waals surface area contributed by atoms with Crippen molar-refractivity contribution < 1.29 is 24.5 Å². The third-order valence-corrected chi connectivity index (χ3v) is 12.0. The van der Waals surface area contributed by atoms with Gasteiger partial charge in [0.1, 0.15) is 12.6 Å². The summed E-state index contributed by atoms with van der Waals surface area (Å²) in [6, 6.07) is 8.38. The zero-order valence-corrected chi connectivity index (χ0v) is 25.8. The number of aliphatic hydroxyl groups is 1. The number of carboxylic acids is 1. The Morgan fingerprint density at radius 2 is 1.86 bits per heavy atom. The highest BCUT2D eigenvalue weighted by Crippen LogP contribution is 2.67. The molecule has 0 aliphatic heterocycles. The number of carboxylic acid groups (broad SMARTS) is 1. The maximum absolute atomic E-state index is 12.2. The van der Waals surface area contributed by atoms with Gasteiger partial charge < -0.3 is 25.6 Å². The standard InChI is InChI=1S/C35H52N2O5/c1-23(21-36-19-7-10-31(32(39)40)37-33(41)42-22-24-8-5-4-6-9-24)28-13-14-29-27-12-11-25-20-26(38)15-17-34(25,2)30(27)16-18-35(28,29)3/h4-6,8-9,11,23,26-31,36,38H,7,10,12-22H2,1-3H3,(H,37,41)(H,39,40)/t23-,26+,27+,28-,29+,30+,31+,34+,35-/m1/s1. The molecule has 0 radical (unpaired) electrons. The number of hydrogen-bond donors (Lipinski definition) is 4. The second kappa shape index (κ2) is 13.1. The van der Waals surface area contributed by atoms with Crippen LogP contribution >= 0.6 is 0 Å². The van der Waals surface area contributed by atoms with Crippen LogP contribution < -0.4 is 10.6 Å².